The lowest BCUT2D eigenvalue weighted by Crippen LogP contribution is -2.33. The number of hydrogen-bond acceptors (Lipinski definition) is 4. The molecule has 1 unspecified atom stereocenters. The highest BCUT2D eigenvalue weighted by Gasteiger charge is 2.20. The van der Waals surface area contributed by atoms with E-state index in [4.69, 9.17) is 16.0 Å². The average Bonchev–Trinajstić information content (AvgIpc) is 2.47. The van der Waals surface area contributed by atoms with Gasteiger partial charge in [-0.2, -0.15) is 0 Å². The zero-order chi connectivity index (χ0) is 14.1. The molecule has 5 heteroatoms. The molecule has 0 aliphatic heterocycles. The van der Waals surface area contributed by atoms with Gasteiger partial charge in [0.05, 0.1) is 0 Å². The number of hydrogen-bond donors (Lipinski definition) is 3. The summed E-state index contributed by atoms with van der Waals surface area (Å²) in [6.45, 7) is 3.87. The molecule has 1 atom stereocenters. The van der Waals surface area contributed by atoms with Crippen LogP contribution in [0.3, 0.4) is 0 Å². The van der Waals surface area contributed by atoms with E-state index in [-0.39, 0.29) is 18.5 Å². The minimum absolute atomic E-state index is 0.0636. The summed E-state index contributed by atoms with van der Waals surface area (Å²) in [5.41, 5.74) is 6.79. The maximum Gasteiger partial charge on any atom is 0.141 e. The van der Waals surface area contributed by atoms with Gasteiger partial charge >= 0.3 is 0 Å². The molecule has 0 fully saturated rings. The van der Waals surface area contributed by atoms with Crippen molar-refractivity contribution in [2.24, 2.45) is 10.9 Å². The number of nitrogens with zero attached hydrogens (tertiary/aromatic N) is 2. The summed E-state index contributed by atoms with van der Waals surface area (Å²) in [5.74, 6) is 0.219. The molecule has 0 spiro atoms. The lowest BCUT2D eigenvalue weighted by molar-refractivity contribution is 0.183. The van der Waals surface area contributed by atoms with Gasteiger partial charge in [-0.1, -0.05) is 42.4 Å². The first-order valence-corrected chi connectivity index (χ1v) is 6.59. The summed E-state index contributed by atoms with van der Waals surface area (Å²) in [7, 11) is 0. The normalized spacial score (nSPS) is 13.7. The summed E-state index contributed by atoms with van der Waals surface area (Å²) < 4.78 is 0. The largest absolute Gasteiger partial charge is 0.409 e. The second kappa shape index (κ2) is 8.50. The number of aliphatic hydroxyl groups is 1. The SMILES string of the molecule is CCN(CCCO)C(C/C(N)=N/O)c1ccccc1. The molecule has 0 bridgehead atoms. The Morgan fingerprint density at radius 2 is 2.05 bits per heavy atom. The molecule has 0 saturated carbocycles. The maximum atomic E-state index is 8.98. The fourth-order valence-electron chi connectivity index (χ4n) is 2.18. The molecule has 5 nitrogen and oxygen atoms in total. The second-order valence-corrected chi connectivity index (χ2v) is 4.43. The summed E-state index contributed by atoms with van der Waals surface area (Å²) in [6.07, 6.45) is 1.19. The summed E-state index contributed by atoms with van der Waals surface area (Å²) >= 11 is 0. The van der Waals surface area contributed by atoms with Gasteiger partial charge in [0.1, 0.15) is 5.84 Å². The van der Waals surface area contributed by atoms with Gasteiger partial charge in [-0.25, -0.2) is 0 Å². The molecule has 0 saturated heterocycles. The first kappa shape index (κ1) is 15.5. The Morgan fingerprint density at radius 1 is 1.37 bits per heavy atom. The van der Waals surface area contributed by atoms with E-state index in [1.165, 1.54) is 0 Å². The van der Waals surface area contributed by atoms with Crippen molar-refractivity contribution in [3.8, 4) is 0 Å². The predicted octanol–water partition coefficient (Wildman–Crippen LogP) is 1.57. The van der Waals surface area contributed by atoms with Gasteiger partial charge in [0.25, 0.3) is 0 Å². The fourth-order valence-corrected chi connectivity index (χ4v) is 2.18. The number of aliphatic hydroxyl groups excluding tert-OH is 1. The van der Waals surface area contributed by atoms with Crippen molar-refractivity contribution in [3.63, 3.8) is 0 Å². The topological polar surface area (TPSA) is 82.1 Å². The zero-order valence-corrected chi connectivity index (χ0v) is 11.4. The Bertz CT molecular complexity index is 382. The molecule has 4 N–H and O–H groups in total. The minimum atomic E-state index is 0.0636. The van der Waals surface area contributed by atoms with E-state index in [0.29, 0.717) is 12.8 Å². The third kappa shape index (κ3) is 4.89. The quantitative estimate of drug-likeness (QED) is 0.288. The third-order valence-corrected chi connectivity index (χ3v) is 3.17. The smallest absolute Gasteiger partial charge is 0.141 e. The predicted molar refractivity (Wildman–Crippen MR) is 76.2 cm³/mol. The highest BCUT2D eigenvalue weighted by Crippen LogP contribution is 2.24. The van der Waals surface area contributed by atoms with Gasteiger partial charge in [0, 0.05) is 25.6 Å². The van der Waals surface area contributed by atoms with Gasteiger partial charge in [-0.3, -0.25) is 4.90 Å². The van der Waals surface area contributed by atoms with E-state index in [1.807, 2.05) is 30.3 Å². The van der Waals surface area contributed by atoms with Crippen LogP contribution in [0.5, 0.6) is 0 Å². The Hall–Kier alpha value is -1.59. The monoisotopic (exact) mass is 265 g/mol. The van der Waals surface area contributed by atoms with E-state index < -0.39 is 0 Å². The number of amidine groups is 1. The van der Waals surface area contributed by atoms with E-state index >= 15 is 0 Å². The fraction of sp³-hybridized carbons (Fsp3) is 0.500. The highest BCUT2D eigenvalue weighted by molar-refractivity contribution is 5.80. The summed E-state index contributed by atoms with van der Waals surface area (Å²) in [6, 6.07) is 10.1. The molecular formula is C14H23N3O2. The number of nitrogens with two attached hydrogens (primary N) is 1. The molecule has 1 rings (SSSR count). The van der Waals surface area contributed by atoms with Crippen LogP contribution in [0.1, 0.15) is 31.4 Å². The lowest BCUT2D eigenvalue weighted by atomic mass is 10.0. The van der Waals surface area contributed by atoms with Crippen LogP contribution in [0.4, 0.5) is 0 Å². The standard InChI is InChI=1S/C14H23N3O2/c1-2-17(9-6-10-18)13(11-14(15)16-19)12-7-4-3-5-8-12/h3-5,7-8,13,18-19H,2,6,9-11H2,1H3,(H2,15,16). The van der Waals surface area contributed by atoms with E-state index in [1.54, 1.807) is 0 Å². The van der Waals surface area contributed by atoms with Crippen LogP contribution >= 0.6 is 0 Å². The van der Waals surface area contributed by atoms with Gasteiger partial charge in [0.15, 0.2) is 0 Å². The molecule has 0 aliphatic carbocycles. The highest BCUT2D eigenvalue weighted by atomic mass is 16.4. The molecule has 0 radical (unpaired) electrons. The van der Waals surface area contributed by atoms with E-state index in [0.717, 1.165) is 18.7 Å². The molecule has 0 aromatic heterocycles. The van der Waals surface area contributed by atoms with Crippen molar-refractivity contribution >= 4 is 5.84 Å². The number of benzene rings is 1. The first-order valence-electron chi connectivity index (χ1n) is 6.59. The summed E-state index contributed by atoms with van der Waals surface area (Å²) in [5, 5.41) is 20.8. The Balaban J connectivity index is 2.90. The molecule has 19 heavy (non-hydrogen) atoms. The Morgan fingerprint density at radius 3 is 2.58 bits per heavy atom. The Kier molecular flexibility index (Phi) is 6.92. The molecule has 106 valence electrons. The van der Waals surface area contributed by atoms with Crippen LogP contribution in [0, 0.1) is 0 Å². The van der Waals surface area contributed by atoms with E-state index in [2.05, 4.69) is 17.0 Å². The van der Waals surface area contributed by atoms with Crippen molar-refractivity contribution in [3.05, 3.63) is 35.9 Å². The molecular weight excluding hydrogens is 242 g/mol. The van der Waals surface area contributed by atoms with Crippen molar-refractivity contribution in [2.75, 3.05) is 19.7 Å². The second-order valence-electron chi connectivity index (χ2n) is 4.43. The van der Waals surface area contributed by atoms with Crippen molar-refractivity contribution in [2.45, 2.75) is 25.8 Å². The van der Waals surface area contributed by atoms with Crippen LogP contribution in [0.2, 0.25) is 0 Å². The number of rotatable bonds is 8. The molecule has 1 aromatic rings. The van der Waals surface area contributed by atoms with Gasteiger partial charge in [-0.05, 0) is 18.5 Å². The summed E-state index contributed by atoms with van der Waals surface area (Å²) in [4.78, 5) is 2.23. The first-order chi connectivity index (χ1) is 9.22. The number of oxime groups is 1. The van der Waals surface area contributed by atoms with E-state index in [9.17, 15) is 0 Å². The van der Waals surface area contributed by atoms with Crippen LogP contribution < -0.4 is 5.73 Å². The van der Waals surface area contributed by atoms with Crippen LogP contribution in [-0.4, -0.2) is 40.7 Å². The maximum absolute atomic E-state index is 8.98. The van der Waals surface area contributed by atoms with Gasteiger partial charge in [-0.15, -0.1) is 0 Å². The molecule has 1 aromatic carbocycles. The Labute approximate surface area is 114 Å². The van der Waals surface area contributed by atoms with Crippen LogP contribution in [-0.2, 0) is 0 Å². The molecule has 0 amide bonds. The lowest BCUT2D eigenvalue weighted by Gasteiger charge is -2.30. The van der Waals surface area contributed by atoms with Crippen LogP contribution in [0.25, 0.3) is 0 Å². The van der Waals surface area contributed by atoms with Crippen molar-refractivity contribution in [1.82, 2.24) is 4.90 Å². The average molecular weight is 265 g/mol. The minimum Gasteiger partial charge on any atom is -0.409 e. The van der Waals surface area contributed by atoms with Crippen molar-refractivity contribution < 1.29 is 10.3 Å². The third-order valence-electron chi connectivity index (χ3n) is 3.17. The van der Waals surface area contributed by atoms with Crippen molar-refractivity contribution in [1.29, 1.82) is 0 Å². The van der Waals surface area contributed by atoms with Gasteiger partial charge in [0.2, 0.25) is 0 Å². The molecule has 0 aliphatic rings. The molecule has 0 heterocycles. The van der Waals surface area contributed by atoms with Gasteiger partial charge < -0.3 is 16.0 Å². The van der Waals surface area contributed by atoms with Crippen LogP contribution in [0.15, 0.2) is 35.5 Å². The zero-order valence-electron chi connectivity index (χ0n) is 11.4.